The average molecular weight is 390 g/mol. The Hall–Kier alpha value is -2.71. The average Bonchev–Trinajstić information content (AvgIpc) is 2.64. The minimum absolute atomic E-state index is 0.0681. The second-order valence-electron chi connectivity index (χ2n) is 6.00. The van der Waals surface area contributed by atoms with Crippen molar-refractivity contribution in [3.63, 3.8) is 0 Å². The highest BCUT2D eigenvalue weighted by Gasteiger charge is 2.15. The van der Waals surface area contributed by atoms with Crippen LogP contribution in [-0.2, 0) is 31.0 Å². The van der Waals surface area contributed by atoms with Gasteiger partial charge in [0.2, 0.25) is 15.9 Å². The predicted molar refractivity (Wildman–Crippen MR) is 100 cm³/mol. The number of carbonyl (C=O) groups is 2. The molecule has 0 atom stereocenters. The highest BCUT2D eigenvalue weighted by molar-refractivity contribution is 7.89. The summed E-state index contributed by atoms with van der Waals surface area (Å²) in [6.07, 6.45) is 0. The van der Waals surface area contributed by atoms with Crippen molar-refractivity contribution >= 4 is 21.9 Å². The largest absolute Gasteiger partial charge is 0.459 e. The van der Waals surface area contributed by atoms with Gasteiger partial charge in [-0.15, -0.1) is 0 Å². The first-order chi connectivity index (χ1) is 12.8. The number of ether oxygens (including phenoxy) is 1. The standard InChI is InChI=1S/C19H22N2O5S/c1-14-7-9-17(10-8-14)27(24,25)21-11-18(22)20-12-19(23)26-13-16-6-4-3-5-15(16)2/h3-10,21H,11-13H2,1-2H3,(H,20,22). The summed E-state index contributed by atoms with van der Waals surface area (Å²) in [6.45, 7) is 3.06. The van der Waals surface area contributed by atoms with E-state index in [4.69, 9.17) is 4.74 Å². The second-order valence-corrected chi connectivity index (χ2v) is 7.77. The van der Waals surface area contributed by atoms with E-state index >= 15 is 0 Å². The molecule has 2 N–H and O–H groups in total. The zero-order chi connectivity index (χ0) is 19.9. The van der Waals surface area contributed by atoms with Gasteiger partial charge in [-0.3, -0.25) is 9.59 Å². The van der Waals surface area contributed by atoms with Gasteiger partial charge < -0.3 is 10.1 Å². The van der Waals surface area contributed by atoms with Crippen LogP contribution in [0.15, 0.2) is 53.4 Å². The molecule has 0 unspecified atom stereocenters. The maximum Gasteiger partial charge on any atom is 0.325 e. The number of benzene rings is 2. The zero-order valence-electron chi connectivity index (χ0n) is 15.2. The third kappa shape index (κ3) is 6.50. The molecule has 7 nitrogen and oxygen atoms in total. The molecule has 0 heterocycles. The van der Waals surface area contributed by atoms with E-state index < -0.39 is 28.4 Å². The van der Waals surface area contributed by atoms with Crippen molar-refractivity contribution in [2.45, 2.75) is 25.3 Å². The van der Waals surface area contributed by atoms with E-state index in [-0.39, 0.29) is 18.0 Å². The molecule has 0 radical (unpaired) electrons. The normalized spacial score (nSPS) is 11.0. The van der Waals surface area contributed by atoms with Gasteiger partial charge in [0.15, 0.2) is 0 Å². The molecule has 8 heteroatoms. The quantitative estimate of drug-likeness (QED) is 0.664. The van der Waals surface area contributed by atoms with Crippen LogP contribution in [0.25, 0.3) is 0 Å². The van der Waals surface area contributed by atoms with Gasteiger partial charge in [-0.1, -0.05) is 42.0 Å². The van der Waals surface area contributed by atoms with Crippen molar-refractivity contribution in [3.05, 3.63) is 65.2 Å². The molecule has 0 saturated heterocycles. The van der Waals surface area contributed by atoms with E-state index in [1.165, 1.54) is 12.1 Å². The molecule has 0 bridgehead atoms. The number of nitrogens with one attached hydrogen (secondary N) is 2. The Labute approximate surface area is 158 Å². The van der Waals surface area contributed by atoms with E-state index in [1.807, 2.05) is 38.1 Å². The summed E-state index contributed by atoms with van der Waals surface area (Å²) in [7, 11) is -3.79. The fourth-order valence-corrected chi connectivity index (χ4v) is 3.16. The molecular formula is C19H22N2O5S. The van der Waals surface area contributed by atoms with Crippen molar-refractivity contribution < 1.29 is 22.7 Å². The van der Waals surface area contributed by atoms with Crippen LogP contribution in [0.5, 0.6) is 0 Å². The van der Waals surface area contributed by atoms with E-state index in [0.717, 1.165) is 16.7 Å². The number of rotatable bonds is 8. The number of carbonyl (C=O) groups excluding carboxylic acids is 2. The van der Waals surface area contributed by atoms with E-state index in [9.17, 15) is 18.0 Å². The van der Waals surface area contributed by atoms with Crippen LogP contribution in [0.4, 0.5) is 0 Å². The van der Waals surface area contributed by atoms with Gasteiger partial charge in [-0.25, -0.2) is 13.1 Å². The highest BCUT2D eigenvalue weighted by Crippen LogP contribution is 2.09. The smallest absolute Gasteiger partial charge is 0.325 e. The van der Waals surface area contributed by atoms with Gasteiger partial charge in [-0.2, -0.15) is 0 Å². The summed E-state index contributed by atoms with van der Waals surface area (Å²) in [5.41, 5.74) is 2.80. The van der Waals surface area contributed by atoms with Gasteiger partial charge >= 0.3 is 5.97 Å². The number of aryl methyl sites for hydroxylation is 2. The van der Waals surface area contributed by atoms with Crippen molar-refractivity contribution in [1.82, 2.24) is 10.0 Å². The third-order valence-corrected chi connectivity index (χ3v) is 5.25. The molecule has 2 aromatic rings. The summed E-state index contributed by atoms with van der Waals surface area (Å²) >= 11 is 0. The monoisotopic (exact) mass is 390 g/mol. The topological polar surface area (TPSA) is 102 Å². The van der Waals surface area contributed by atoms with Crippen molar-refractivity contribution in [1.29, 1.82) is 0 Å². The summed E-state index contributed by atoms with van der Waals surface area (Å²) in [6, 6.07) is 13.7. The van der Waals surface area contributed by atoms with Crippen LogP contribution >= 0.6 is 0 Å². The van der Waals surface area contributed by atoms with Gasteiger partial charge in [0.05, 0.1) is 11.4 Å². The summed E-state index contributed by atoms with van der Waals surface area (Å²) in [5, 5.41) is 2.33. The van der Waals surface area contributed by atoms with Crippen LogP contribution in [0.3, 0.4) is 0 Å². The Morgan fingerprint density at radius 1 is 0.963 bits per heavy atom. The summed E-state index contributed by atoms with van der Waals surface area (Å²) in [5.74, 6) is -1.23. The molecule has 144 valence electrons. The maximum absolute atomic E-state index is 12.1. The number of esters is 1. The number of amides is 1. The lowest BCUT2D eigenvalue weighted by atomic mass is 10.1. The predicted octanol–water partition coefficient (Wildman–Crippen LogP) is 1.44. The molecule has 2 rings (SSSR count). The van der Waals surface area contributed by atoms with Crippen molar-refractivity contribution in [2.24, 2.45) is 0 Å². The van der Waals surface area contributed by atoms with E-state index in [1.54, 1.807) is 12.1 Å². The van der Waals surface area contributed by atoms with Crippen LogP contribution in [0.1, 0.15) is 16.7 Å². The Balaban J connectivity index is 1.74. The van der Waals surface area contributed by atoms with Gasteiger partial charge in [0, 0.05) is 0 Å². The Bertz CT molecular complexity index is 908. The SMILES string of the molecule is Cc1ccc(S(=O)(=O)NCC(=O)NCC(=O)OCc2ccccc2C)cc1. The molecule has 0 fully saturated rings. The second kappa shape index (κ2) is 9.29. The van der Waals surface area contributed by atoms with Crippen LogP contribution < -0.4 is 10.0 Å². The molecular weight excluding hydrogens is 368 g/mol. The zero-order valence-corrected chi connectivity index (χ0v) is 16.0. The molecule has 0 aliphatic rings. The Morgan fingerprint density at radius 2 is 1.63 bits per heavy atom. The Morgan fingerprint density at radius 3 is 2.30 bits per heavy atom. The fraction of sp³-hybridized carbons (Fsp3) is 0.263. The lowest BCUT2D eigenvalue weighted by Crippen LogP contribution is -2.39. The highest BCUT2D eigenvalue weighted by atomic mass is 32.2. The Kier molecular flexibility index (Phi) is 7.09. The fourth-order valence-electron chi connectivity index (χ4n) is 2.18. The molecule has 0 saturated carbocycles. The molecule has 0 aromatic heterocycles. The van der Waals surface area contributed by atoms with Crippen molar-refractivity contribution in [3.8, 4) is 0 Å². The van der Waals surface area contributed by atoms with E-state index in [0.29, 0.717) is 0 Å². The minimum Gasteiger partial charge on any atom is -0.459 e. The first-order valence-electron chi connectivity index (χ1n) is 8.31. The summed E-state index contributed by atoms with van der Waals surface area (Å²) < 4.78 is 31.5. The first kappa shape index (κ1) is 20.6. The lowest BCUT2D eigenvalue weighted by Gasteiger charge is -2.09. The first-order valence-corrected chi connectivity index (χ1v) is 9.79. The van der Waals surface area contributed by atoms with Crippen LogP contribution in [0.2, 0.25) is 0 Å². The van der Waals surface area contributed by atoms with Gasteiger partial charge in [-0.05, 0) is 37.1 Å². The van der Waals surface area contributed by atoms with Gasteiger partial charge in [0.1, 0.15) is 13.2 Å². The minimum atomic E-state index is -3.79. The third-order valence-electron chi connectivity index (χ3n) is 3.83. The molecule has 0 spiro atoms. The molecule has 1 amide bonds. The maximum atomic E-state index is 12.1. The number of hydrogen-bond acceptors (Lipinski definition) is 5. The summed E-state index contributed by atoms with van der Waals surface area (Å²) in [4.78, 5) is 23.5. The number of hydrogen-bond donors (Lipinski definition) is 2. The van der Waals surface area contributed by atoms with Gasteiger partial charge in [0.25, 0.3) is 0 Å². The number of sulfonamides is 1. The molecule has 0 aliphatic heterocycles. The van der Waals surface area contributed by atoms with Crippen LogP contribution in [-0.4, -0.2) is 33.4 Å². The molecule has 2 aromatic carbocycles. The molecule has 27 heavy (non-hydrogen) atoms. The van der Waals surface area contributed by atoms with Crippen molar-refractivity contribution in [2.75, 3.05) is 13.1 Å². The van der Waals surface area contributed by atoms with E-state index in [2.05, 4.69) is 10.0 Å². The molecule has 0 aliphatic carbocycles. The van der Waals surface area contributed by atoms with Crippen LogP contribution in [0, 0.1) is 13.8 Å². The lowest BCUT2D eigenvalue weighted by molar-refractivity contribution is -0.145.